The highest BCUT2D eigenvalue weighted by Crippen LogP contribution is 2.23. The SMILES string of the molecule is CCCNCc1cc(CC)nc(Oc2cccnc2C)c1. The minimum Gasteiger partial charge on any atom is -0.437 e. The zero-order valence-electron chi connectivity index (χ0n) is 13.0. The summed E-state index contributed by atoms with van der Waals surface area (Å²) in [6, 6.07) is 7.91. The molecule has 0 bridgehead atoms. The molecule has 2 rings (SSSR count). The van der Waals surface area contributed by atoms with Gasteiger partial charge in [-0.15, -0.1) is 0 Å². The Bertz CT molecular complexity index is 584. The molecule has 0 saturated heterocycles. The van der Waals surface area contributed by atoms with Crippen LogP contribution in [0.25, 0.3) is 0 Å². The van der Waals surface area contributed by atoms with E-state index in [1.54, 1.807) is 6.20 Å². The molecule has 0 unspecified atom stereocenters. The molecule has 0 radical (unpaired) electrons. The molecule has 2 aromatic rings. The van der Waals surface area contributed by atoms with Gasteiger partial charge in [-0.05, 0) is 50.1 Å². The second kappa shape index (κ2) is 7.74. The van der Waals surface area contributed by atoms with E-state index in [0.29, 0.717) is 5.88 Å². The van der Waals surface area contributed by atoms with Crippen molar-refractivity contribution in [3.05, 3.63) is 47.4 Å². The number of ether oxygens (including phenoxy) is 1. The molecule has 2 heterocycles. The van der Waals surface area contributed by atoms with Gasteiger partial charge in [0, 0.05) is 24.5 Å². The van der Waals surface area contributed by atoms with Crippen LogP contribution in [0.3, 0.4) is 0 Å². The summed E-state index contributed by atoms with van der Waals surface area (Å²) in [5.41, 5.74) is 3.11. The summed E-state index contributed by atoms with van der Waals surface area (Å²) in [6.07, 6.45) is 3.78. The van der Waals surface area contributed by atoms with Crippen molar-refractivity contribution >= 4 is 0 Å². The van der Waals surface area contributed by atoms with Gasteiger partial charge in [-0.2, -0.15) is 0 Å². The summed E-state index contributed by atoms with van der Waals surface area (Å²) in [6.45, 7) is 8.05. The Morgan fingerprint density at radius 2 is 2.10 bits per heavy atom. The average Bonchev–Trinajstić information content (AvgIpc) is 2.50. The molecular weight excluding hydrogens is 262 g/mol. The van der Waals surface area contributed by atoms with Gasteiger partial charge in [-0.25, -0.2) is 4.98 Å². The molecule has 0 aromatic carbocycles. The highest BCUT2D eigenvalue weighted by molar-refractivity contribution is 5.32. The van der Waals surface area contributed by atoms with Crippen LogP contribution in [0.15, 0.2) is 30.5 Å². The summed E-state index contributed by atoms with van der Waals surface area (Å²) >= 11 is 0. The summed E-state index contributed by atoms with van der Waals surface area (Å²) < 4.78 is 5.90. The third kappa shape index (κ3) is 4.53. The topological polar surface area (TPSA) is 47.0 Å². The molecule has 0 aliphatic carbocycles. The number of aromatic nitrogens is 2. The zero-order chi connectivity index (χ0) is 15.1. The van der Waals surface area contributed by atoms with Crippen molar-refractivity contribution in [1.82, 2.24) is 15.3 Å². The van der Waals surface area contributed by atoms with E-state index in [-0.39, 0.29) is 0 Å². The molecule has 0 amide bonds. The molecule has 1 N–H and O–H groups in total. The number of aryl methyl sites for hydroxylation is 2. The van der Waals surface area contributed by atoms with E-state index in [1.807, 2.05) is 25.1 Å². The maximum absolute atomic E-state index is 5.90. The molecule has 4 nitrogen and oxygen atoms in total. The fourth-order valence-electron chi connectivity index (χ4n) is 2.06. The van der Waals surface area contributed by atoms with E-state index in [0.717, 1.165) is 43.1 Å². The fraction of sp³-hybridized carbons (Fsp3) is 0.412. The van der Waals surface area contributed by atoms with Gasteiger partial charge in [0.25, 0.3) is 0 Å². The van der Waals surface area contributed by atoms with Gasteiger partial charge >= 0.3 is 0 Å². The van der Waals surface area contributed by atoms with Crippen LogP contribution in [0.2, 0.25) is 0 Å². The monoisotopic (exact) mass is 285 g/mol. The minimum atomic E-state index is 0.638. The third-order valence-electron chi connectivity index (χ3n) is 3.21. The summed E-state index contributed by atoms with van der Waals surface area (Å²) in [4.78, 5) is 8.77. The second-order valence-corrected chi connectivity index (χ2v) is 5.02. The van der Waals surface area contributed by atoms with Crippen molar-refractivity contribution in [3.63, 3.8) is 0 Å². The van der Waals surface area contributed by atoms with Crippen molar-refractivity contribution < 1.29 is 4.74 Å². The highest BCUT2D eigenvalue weighted by Gasteiger charge is 2.06. The fourth-order valence-corrected chi connectivity index (χ4v) is 2.06. The van der Waals surface area contributed by atoms with Gasteiger partial charge in [0.05, 0.1) is 5.69 Å². The van der Waals surface area contributed by atoms with Crippen LogP contribution in [0.4, 0.5) is 0 Å². The van der Waals surface area contributed by atoms with Crippen molar-refractivity contribution in [1.29, 1.82) is 0 Å². The van der Waals surface area contributed by atoms with Gasteiger partial charge in [0.1, 0.15) is 0 Å². The van der Waals surface area contributed by atoms with Gasteiger partial charge in [0.2, 0.25) is 5.88 Å². The largest absolute Gasteiger partial charge is 0.437 e. The van der Waals surface area contributed by atoms with E-state index >= 15 is 0 Å². The molecule has 4 heteroatoms. The predicted octanol–water partition coefficient (Wildman–Crippen LogP) is 3.64. The summed E-state index contributed by atoms with van der Waals surface area (Å²) in [5, 5.41) is 3.41. The van der Waals surface area contributed by atoms with Crippen molar-refractivity contribution in [3.8, 4) is 11.6 Å². The first-order valence-electron chi connectivity index (χ1n) is 7.53. The van der Waals surface area contributed by atoms with Gasteiger partial charge in [0.15, 0.2) is 5.75 Å². The minimum absolute atomic E-state index is 0.638. The van der Waals surface area contributed by atoms with Crippen molar-refractivity contribution in [2.45, 2.75) is 40.2 Å². The zero-order valence-corrected chi connectivity index (χ0v) is 13.0. The lowest BCUT2D eigenvalue weighted by Crippen LogP contribution is -2.14. The van der Waals surface area contributed by atoms with Crippen LogP contribution >= 0.6 is 0 Å². The van der Waals surface area contributed by atoms with Crippen molar-refractivity contribution in [2.24, 2.45) is 0 Å². The maximum Gasteiger partial charge on any atom is 0.219 e. The lowest BCUT2D eigenvalue weighted by atomic mass is 10.2. The predicted molar refractivity (Wildman–Crippen MR) is 84.7 cm³/mol. The van der Waals surface area contributed by atoms with Crippen LogP contribution in [-0.4, -0.2) is 16.5 Å². The molecular formula is C17H23N3O. The summed E-state index contributed by atoms with van der Waals surface area (Å²) in [7, 11) is 0. The standard InChI is InChI=1S/C17H23N3O/c1-4-8-18-12-14-10-15(5-2)20-17(11-14)21-16-7-6-9-19-13(16)3/h6-7,9-11,18H,4-5,8,12H2,1-3H3. The first-order chi connectivity index (χ1) is 10.2. The quantitative estimate of drug-likeness (QED) is 0.789. The van der Waals surface area contributed by atoms with E-state index in [9.17, 15) is 0 Å². The Morgan fingerprint density at radius 1 is 1.24 bits per heavy atom. The first kappa shape index (κ1) is 15.4. The second-order valence-electron chi connectivity index (χ2n) is 5.02. The van der Waals surface area contributed by atoms with Crippen LogP contribution in [0, 0.1) is 6.92 Å². The number of nitrogens with one attached hydrogen (secondary N) is 1. The number of nitrogens with zero attached hydrogens (tertiary/aromatic N) is 2. The molecule has 112 valence electrons. The molecule has 0 spiro atoms. The molecule has 0 aliphatic heterocycles. The van der Waals surface area contributed by atoms with Gasteiger partial charge in [-0.3, -0.25) is 4.98 Å². The van der Waals surface area contributed by atoms with Crippen LogP contribution < -0.4 is 10.1 Å². The van der Waals surface area contributed by atoms with Gasteiger partial charge < -0.3 is 10.1 Å². The smallest absolute Gasteiger partial charge is 0.219 e. The van der Waals surface area contributed by atoms with Crippen LogP contribution in [0.5, 0.6) is 11.6 Å². The number of rotatable bonds is 7. The Morgan fingerprint density at radius 3 is 2.81 bits per heavy atom. The average molecular weight is 285 g/mol. The Hall–Kier alpha value is -1.94. The van der Waals surface area contributed by atoms with Crippen LogP contribution in [0.1, 0.15) is 37.2 Å². The first-order valence-corrected chi connectivity index (χ1v) is 7.53. The lowest BCUT2D eigenvalue weighted by Gasteiger charge is -2.11. The Labute approximate surface area is 126 Å². The molecule has 0 saturated carbocycles. The summed E-state index contributed by atoms with van der Waals surface area (Å²) in [5.74, 6) is 1.39. The van der Waals surface area contributed by atoms with E-state index in [4.69, 9.17) is 4.74 Å². The molecule has 0 aliphatic rings. The van der Waals surface area contributed by atoms with E-state index in [2.05, 4.69) is 35.2 Å². The Balaban J connectivity index is 2.18. The lowest BCUT2D eigenvalue weighted by molar-refractivity contribution is 0.453. The third-order valence-corrected chi connectivity index (χ3v) is 3.21. The molecule has 0 fully saturated rings. The van der Waals surface area contributed by atoms with E-state index < -0.39 is 0 Å². The number of pyridine rings is 2. The maximum atomic E-state index is 5.90. The molecule has 0 atom stereocenters. The van der Waals surface area contributed by atoms with Gasteiger partial charge in [-0.1, -0.05) is 13.8 Å². The number of hydrogen-bond acceptors (Lipinski definition) is 4. The van der Waals surface area contributed by atoms with Crippen molar-refractivity contribution in [2.75, 3.05) is 6.54 Å². The highest BCUT2D eigenvalue weighted by atomic mass is 16.5. The van der Waals surface area contributed by atoms with Crippen LogP contribution in [-0.2, 0) is 13.0 Å². The molecule has 21 heavy (non-hydrogen) atoms. The number of hydrogen-bond donors (Lipinski definition) is 1. The molecule has 2 aromatic heterocycles. The normalized spacial score (nSPS) is 10.6. The van der Waals surface area contributed by atoms with E-state index in [1.165, 1.54) is 5.56 Å². The Kier molecular flexibility index (Phi) is 5.69.